The molecule has 13 heavy (non-hydrogen) atoms. The molecule has 1 heterocycles. The lowest BCUT2D eigenvalue weighted by atomic mass is 10.2. The molecule has 0 spiro atoms. The average Bonchev–Trinajstić information content (AvgIpc) is 2.61. The maximum Gasteiger partial charge on any atom is 0.125 e. The summed E-state index contributed by atoms with van der Waals surface area (Å²) in [6.07, 6.45) is 2.74. The normalized spacial score (nSPS) is 10.3. The highest BCUT2D eigenvalue weighted by Crippen LogP contribution is 2.31. The molecule has 0 fully saturated rings. The minimum absolute atomic E-state index is 0.660. The summed E-state index contributed by atoms with van der Waals surface area (Å²) in [7, 11) is 0. The molecule has 0 N–H and O–H groups in total. The lowest BCUT2D eigenvalue weighted by Gasteiger charge is -1.99. The van der Waals surface area contributed by atoms with Crippen molar-refractivity contribution in [1.29, 1.82) is 0 Å². The van der Waals surface area contributed by atoms with Crippen molar-refractivity contribution in [3.63, 3.8) is 0 Å². The molecule has 0 aliphatic rings. The predicted molar refractivity (Wildman–Crippen MR) is 56.4 cm³/mol. The predicted octanol–water partition coefficient (Wildman–Crippen LogP) is 3.92. The van der Waals surface area contributed by atoms with Gasteiger partial charge in [0.25, 0.3) is 0 Å². The Morgan fingerprint density at radius 2 is 2.15 bits per heavy atom. The second-order valence-corrected chi connectivity index (χ2v) is 4.11. The second kappa shape index (κ2) is 3.66. The van der Waals surface area contributed by atoms with Gasteiger partial charge in [-0.15, -0.1) is 11.3 Å². The van der Waals surface area contributed by atoms with Crippen molar-refractivity contribution in [1.82, 2.24) is 4.98 Å². The van der Waals surface area contributed by atoms with Crippen LogP contribution in [0.4, 0.5) is 0 Å². The van der Waals surface area contributed by atoms with Crippen LogP contribution in [0.1, 0.15) is 0 Å². The van der Waals surface area contributed by atoms with Gasteiger partial charge in [0.15, 0.2) is 0 Å². The van der Waals surface area contributed by atoms with Crippen LogP contribution in [0.15, 0.2) is 23.6 Å². The van der Waals surface area contributed by atoms with E-state index in [4.69, 9.17) is 23.2 Å². The Labute approximate surface area is 90.0 Å². The van der Waals surface area contributed by atoms with Crippen LogP contribution in [0, 0.1) is 6.20 Å². The van der Waals surface area contributed by atoms with E-state index in [1.165, 1.54) is 11.3 Å². The SMILES string of the molecule is Clc1ccc(Cl)c(-c2n[c]cs2)c1. The van der Waals surface area contributed by atoms with Crippen molar-refractivity contribution in [2.24, 2.45) is 0 Å². The van der Waals surface area contributed by atoms with E-state index in [1.807, 2.05) is 0 Å². The Hall–Kier alpha value is -0.570. The molecule has 0 bridgehead atoms. The molecule has 1 radical (unpaired) electrons. The molecular weight excluding hydrogens is 225 g/mol. The van der Waals surface area contributed by atoms with Gasteiger partial charge in [0, 0.05) is 16.0 Å². The molecule has 1 aromatic carbocycles. The number of aromatic nitrogens is 1. The van der Waals surface area contributed by atoms with Crippen molar-refractivity contribution < 1.29 is 0 Å². The van der Waals surface area contributed by atoms with Crippen molar-refractivity contribution >= 4 is 34.5 Å². The lowest BCUT2D eigenvalue weighted by Crippen LogP contribution is -1.77. The summed E-state index contributed by atoms with van der Waals surface area (Å²) >= 11 is 13.3. The number of hydrogen-bond donors (Lipinski definition) is 0. The molecular formula is C9H4Cl2NS. The number of nitrogens with zero attached hydrogens (tertiary/aromatic N) is 1. The fraction of sp³-hybridized carbons (Fsp3) is 0. The number of hydrogen-bond acceptors (Lipinski definition) is 2. The summed E-state index contributed by atoms with van der Waals surface area (Å²) < 4.78 is 0. The van der Waals surface area contributed by atoms with Gasteiger partial charge in [0.05, 0.1) is 5.02 Å². The topological polar surface area (TPSA) is 12.9 Å². The first-order valence-corrected chi connectivity index (χ1v) is 5.18. The Bertz CT molecular complexity index is 412. The van der Waals surface area contributed by atoms with Crippen LogP contribution in [0.5, 0.6) is 0 Å². The van der Waals surface area contributed by atoms with Crippen LogP contribution in [0.2, 0.25) is 10.0 Å². The highest BCUT2D eigenvalue weighted by molar-refractivity contribution is 7.13. The Balaban J connectivity index is 2.57. The monoisotopic (exact) mass is 228 g/mol. The van der Waals surface area contributed by atoms with Gasteiger partial charge < -0.3 is 0 Å². The maximum absolute atomic E-state index is 5.98. The van der Waals surface area contributed by atoms with E-state index in [9.17, 15) is 0 Å². The average molecular weight is 229 g/mol. The fourth-order valence-electron chi connectivity index (χ4n) is 0.979. The molecule has 1 nitrogen and oxygen atoms in total. The first-order valence-electron chi connectivity index (χ1n) is 3.54. The molecule has 0 saturated carbocycles. The summed E-state index contributed by atoms with van der Waals surface area (Å²) in [5.74, 6) is 0. The standard InChI is InChI=1S/C9H4Cl2NS/c10-6-1-2-8(11)7(5-6)9-12-3-4-13-9/h1-2,4-5H. The van der Waals surface area contributed by atoms with E-state index in [0.29, 0.717) is 10.0 Å². The molecule has 0 saturated heterocycles. The quantitative estimate of drug-likeness (QED) is 0.722. The Kier molecular flexibility index (Phi) is 2.54. The number of benzene rings is 1. The highest BCUT2D eigenvalue weighted by Gasteiger charge is 2.05. The van der Waals surface area contributed by atoms with E-state index >= 15 is 0 Å². The summed E-state index contributed by atoms with van der Waals surface area (Å²) in [6.45, 7) is 0. The van der Waals surface area contributed by atoms with E-state index in [1.54, 1.807) is 23.6 Å². The highest BCUT2D eigenvalue weighted by atomic mass is 35.5. The van der Waals surface area contributed by atoms with Crippen molar-refractivity contribution in [2.75, 3.05) is 0 Å². The van der Waals surface area contributed by atoms with Crippen LogP contribution in [0.25, 0.3) is 10.6 Å². The first-order chi connectivity index (χ1) is 6.27. The van der Waals surface area contributed by atoms with Gasteiger partial charge in [0.1, 0.15) is 11.2 Å². The first kappa shape index (κ1) is 9.00. The second-order valence-electron chi connectivity index (χ2n) is 2.41. The molecule has 2 aromatic rings. The molecule has 65 valence electrons. The molecule has 0 aliphatic carbocycles. The number of rotatable bonds is 1. The molecule has 0 aliphatic heterocycles. The summed E-state index contributed by atoms with van der Waals surface area (Å²) in [4.78, 5) is 4.04. The zero-order valence-electron chi connectivity index (χ0n) is 6.42. The van der Waals surface area contributed by atoms with Gasteiger partial charge in [-0.25, -0.2) is 4.98 Å². The summed E-state index contributed by atoms with van der Waals surface area (Å²) in [5, 5.41) is 3.95. The fourth-order valence-corrected chi connectivity index (χ4v) is 2.03. The third-order valence-electron chi connectivity index (χ3n) is 1.55. The van der Waals surface area contributed by atoms with Crippen LogP contribution in [-0.4, -0.2) is 4.98 Å². The largest absolute Gasteiger partial charge is 0.234 e. The Morgan fingerprint density at radius 3 is 2.85 bits per heavy atom. The van der Waals surface area contributed by atoms with Gasteiger partial charge in [-0.2, -0.15) is 0 Å². The summed E-state index contributed by atoms with van der Waals surface area (Å²) in [6, 6.07) is 5.32. The number of thiazole rings is 1. The molecule has 2 rings (SSSR count). The van der Waals surface area contributed by atoms with Crippen LogP contribution in [0.3, 0.4) is 0 Å². The van der Waals surface area contributed by atoms with E-state index in [2.05, 4.69) is 11.2 Å². The van der Waals surface area contributed by atoms with E-state index < -0.39 is 0 Å². The summed E-state index contributed by atoms with van der Waals surface area (Å²) in [5.41, 5.74) is 0.861. The zero-order valence-corrected chi connectivity index (χ0v) is 8.75. The lowest BCUT2D eigenvalue weighted by molar-refractivity contribution is 1.40. The van der Waals surface area contributed by atoms with Gasteiger partial charge >= 0.3 is 0 Å². The van der Waals surface area contributed by atoms with Crippen molar-refractivity contribution in [2.45, 2.75) is 0 Å². The van der Waals surface area contributed by atoms with Gasteiger partial charge in [0.2, 0.25) is 0 Å². The third-order valence-corrected chi connectivity index (χ3v) is 2.87. The zero-order chi connectivity index (χ0) is 9.26. The van der Waals surface area contributed by atoms with Gasteiger partial charge in [-0.05, 0) is 18.2 Å². The smallest absolute Gasteiger partial charge is 0.125 e. The maximum atomic E-state index is 5.98. The van der Waals surface area contributed by atoms with Crippen molar-refractivity contribution in [3.05, 3.63) is 39.8 Å². The molecule has 0 unspecified atom stereocenters. The van der Waals surface area contributed by atoms with Crippen molar-refractivity contribution in [3.8, 4) is 10.6 Å². The van der Waals surface area contributed by atoms with E-state index in [-0.39, 0.29) is 0 Å². The minimum atomic E-state index is 0.660. The minimum Gasteiger partial charge on any atom is -0.234 e. The molecule has 1 aromatic heterocycles. The number of halogens is 2. The molecule has 0 amide bonds. The molecule has 0 atom stereocenters. The van der Waals surface area contributed by atoms with Gasteiger partial charge in [-0.1, -0.05) is 23.2 Å². The van der Waals surface area contributed by atoms with Crippen LogP contribution < -0.4 is 0 Å². The Morgan fingerprint density at radius 1 is 1.31 bits per heavy atom. The third kappa shape index (κ3) is 1.85. The van der Waals surface area contributed by atoms with Gasteiger partial charge in [-0.3, -0.25) is 0 Å². The molecule has 4 heteroatoms. The van der Waals surface area contributed by atoms with E-state index in [0.717, 1.165) is 10.6 Å². The van der Waals surface area contributed by atoms with Crippen LogP contribution in [-0.2, 0) is 0 Å². The van der Waals surface area contributed by atoms with Crippen LogP contribution >= 0.6 is 34.5 Å².